The zero-order valence-electron chi connectivity index (χ0n) is 10.0. The Morgan fingerprint density at radius 3 is 2.72 bits per heavy atom. The van der Waals surface area contributed by atoms with Crippen LogP contribution in [0.4, 0.5) is 5.69 Å². The molecule has 2 aromatic rings. The quantitative estimate of drug-likeness (QED) is 0.871. The Morgan fingerprint density at radius 1 is 1.33 bits per heavy atom. The molecule has 0 saturated carbocycles. The fraction of sp³-hybridized carbons (Fsp3) is 0.143. The fourth-order valence-corrected chi connectivity index (χ4v) is 1.60. The summed E-state index contributed by atoms with van der Waals surface area (Å²) in [6.45, 7) is 4.36. The van der Waals surface area contributed by atoms with Crippen LogP contribution in [0.1, 0.15) is 11.1 Å². The largest absolute Gasteiger partial charge is 0.381 e. The third-order valence-electron chi connectivity index (χ3n) is 2.58. The second-order valence-electron chi connectivity index (χ2n) is 3.90. The van der Waals surface area contributed by atoms with Gasteiger partial charge >= 0.3 is 0 Å². The molecule has 0 aliphatic rings. The summed E-state index contributed by atoms with van der Waals surface area (Å²) in [6, 6.07) is 10.00. The molecule has 1 aromatic carbocycles. The average molecular weight is 238 g/mol. The van der Waals surface area contributed by atoms with Gasteiger partial charge in [-0.05, 0) is 17.7 Å². The average Bonchev–Trinajstić information content (AvgIpc) is 2.86. The van der Waals surface area contributed by atoms with E-state index in [2.05, 4.69) is 23.1 Å². The lowest BCUT2D eigenvalue weighted by Gasteiger charge is -2.05. The van der Waals surface area contributed by atoms with Gasteiger partial charge in [0, 0.05) is 30.2 Å². The number of anilines is 1. The molecule has 0 aliphatic carbocycles. The molecule has 0 amide bonds. The van der Waals surface area contributed by atoms with Crippen LogP contribution in [-0.4, -0.2) is 9.78 Å². The Kier molecular flexibility index (Phi) is 3.77. The van der Waals surface area contributed by atoms with Crippen molar-refractivity contribution in [2.45, 2.75) is 13.0 Å². The number of aromatic nitrogens is 2. The smallest absolute Gasteiger partial charge is 0.0669 e. The monoisotopic (exact) mass is 238 g/mol. The predicted molar refractivity (Wildman–Crippen MR) is 71.7 cm³/mol. The van der Waals surface area contributed by atoms with Gasteiger partial charge in [-0.3, -0.25) is 0 Å². The Bertz CT molecular complexity index is 560. The van der Waals surface area contributed by atoms with Gasteiger partial charge in [-0.2, -0.15) is 10.4 Å². The number of hydrogen-bond donors (Lipinski definition) is 1. The maximum atomic E-state index is 8.58. The van der Waals surface area contributed by atoms with E-state index in [0.717, 1.165) is 16.8 Å². The second-order valence-corrected chi connectivity index (χ2v) is 3.90. The van der Waals surface area contributed by atoms with Crippen molar-refractivity contribution in [2.75, 3.05) is 5.32 Å². The lowest BCUT2D eigenvalue weighted by Crippen LogP contribution is -1.98. The summed E-state index contributed by atoms with van der Waals surface area (Å²) in [7, 11) is 0. The number of rotatable bonds is 5. The van der Waals surface area contributed by atoms with E-state index >= 15 is 0 Å². The SMILES string of the molecule is C=Cn1cc(CNc2ccc(CC#N)cc2)cn1. The van der Waals surface area contributed by atoms with E-state index < -0.39 is 0 Å². The summed E-state index contributed by atoms with van der Waals surface area (Å²) in [5.41, 5.74) is 3.15. The van der Waals surface area contributed by atoms with E-state index in [0.29, 0.717) is 13.0 Å². The van der Waals surface area contributed by atoms with Crippen LogP contribution < -0.4 is 5.32 Å². The molecule has 0 bridgehead atoms. The summed E-state index contributed by atoms with van der Waals surface area (Å²) in [5, 5.41) is 16.0. The van der Waals surface area contributed by atoms with Gasteiger partial charge in [0.1, 0.15) is 0 Å². The minimum absolute atomic E-state index is 0.451. The minimum Gasteiger partial charge on any atom is -0.381 e. The van der Waals surface area contributed by atoms with E-state index in [1.54, 1.807) is 17.1 Å². The zero-order valence-corrected chi connectivity index (χ0v) is 10.0. The van der Waals surface area contributed by atoms with Crippen molar-refractivity contribution in [3.05, 3.63) is 54.4 Å². The van der Waals surface area contributed by atoms with Crippen LogP contribution in [0.5, 0.6) is 0 Å². The van der Waals surface area contributed by atoms with E-state index in [9.17, 15) is 0 Å². The molecule has 0 spiro atoms. The molecular formula is C14H14N4. The summed E-state index contributed by atoms with van der Waals surface area (Å²) in [4.78, 5) is 0. The van der Waals surface area contributed by atoms with Crippen molar-refractivity contribution in [1.29, 1.82) is 5.26 Å². The number of nitriles is 1. The highest BCUT2D eigenvalue weighted by Gasteiger charge is 1.97. The first-order valence-corrected chi connectivity index (χ1v) is 5.67. The summed E-state index contributed by atoms with van der Waals surface area (Å²) >= 11 is 0. The molecule has 1 N–H and O–H groups in total. The van der Waals surface area contributed by atoms with Crippen LogP contribution in [0.15, 0.2) is 43.2 Å². The van der Waals surface area contributed by atoms with Gasteiger partial charge in [0.25, 0.3) is 0 Å². The lowest BCUT2D eigenvalue weighted by molar-refractivity contribution is 0.936. The molecule has 0 atom stereocenters. The van der Waals surface area contributed by atoms with Gasteiger partial charge in [-0.15, -0.1) is 0 Å². The van der Waals surface area contributed by atoms with Crippen molar-refractivity contribution < 1.29 is 0 Å². The van der Waals surface area contributed by atoms with Gasteiger partial charge in [0.2, 0.25) is 0 Å². The van der Waals surface area contributed by atoms with Crippen LogP contribution in [0, 0.1) is 11.3 Å². The maximum absolute atomic E-state index is 8.58. The first-order chi connectivity index (χ1) is 8.81. The number of benzene rings is 1. The molecule has 0 saturated heterocycles. The van der Waals surface area contributed by atoms with Gasteiger partial charge in [-0.1, -0.05) is 18.7 Å². The normalized spacial score (nSPS) is 9.72. The minimum atomic E-state index is 0.451. The molecule has 90 valence electrons. The third kappa shape index (κ3) is 2.98. The van der Waals surface area contributed by atoms with E-state index in [1.807, 2.05) is 30.5 Å². The van der Waals surface area contributed by atoms with Gasteiger partial charge in [-0.25, -0.2) is 4.68 Å². The van der Waals surface area contributed by atoms with Crippen LogP contribution in [0.3, 0.4) is 0 Å². The Morgan fingerprint density at radius 2 is 2.11 bits per heavy atom. The summed E-state index contributed by atoms with van der Waals surface area (Å²) in [5.74, 6) is 0. The molecule has 0 radical (unpaired) electrons. The van der Waals surface area contributed by atoms with Crippen molar-refractivity contribution >= 4 is 11.9 Å². The second kappa shape index (κ2) is 5.69. The topological polar surface area (TPSA) is 53.6 Å². The van der Waals surface area contributed by atoms with E-state index in [1.165, 1.54) is 0 Å². The molecule has 0 fully saturated rings. The van der Waals surface area contributed by atoms with Gasteiger partial charge < -0.3 is 5.32 Å². The van der Waals surface area contributed by atoms with E-state index in [-0.39, 0.29) is 0 Å². The molecule has 1 aromatic heterocycles. The van der Waals surface area contributed by atoms with Crippen LogP contribution in [0.2, 0.25) is 0 Å². The summed E-state index contributed by atoms with van der Waals surface area (Å²) < 4.78 is 1.67. The van der Waals surface area contributed by atoms with Crippen molar-refractivity contribution in [3.63, 3.8) is 0 Å². The highest BCUT2D eigenvalue weighted by molar-refractivity contribution is 5.45. The standard InChI is InChI=1S/C14H14N4/c1-2-18-11-13(10-17-18)9-16-14-5-3-12(4-6-14)7-8-15/h2-6,10-11,16H,1,7,9H2. The Balaban J connectivity index is 1.93. The maximum Gasteiger partial charge on any atom is 0.0669 e. The molecule has 4 heteroatoms. The number of nitrogens with zero attached hydrogens (tertiary/aromatic N) is 3. The lowest BCUT2D eigenvalue weighted by atomic mass is 10.1. The molecule has 1 heterocycles. The summed E-state index contributed by atoms with van der Waals surface area (Å²) in [6.07, 6.45) is 5.83. The van der Waals surface area contributed by atoms with Gasteiger partial charge in [0.15, 0.2) is 0 Å². The van der Waals surface area contributed by atoms with E-state index in [4.69, 9.17) is 5.26 Å². The molecule has 0 unspecified atom stereocenters. The van der Waals surface area contributed by atoms with Crippen LogP contribution >= 0.6 is 0 Å². The molecular weight excluding hydrogens is 224 g/mol. The first-order valence-electron chi connectivity index (χ1n) is 5.67. The van der Waals surface area contributed by atoms with Crippen molar-refractivity contribution in [1.82, 2.24) is 9.78 Å². The highest BCUT2D eigenvalue weighted by atomic mass is 15.2. The molecule has 2 rings (SSSR count). The zero-order chi connectivity index (χ0) is 12.8. The predicted octanol–water partition coefficient (Wildman–Crippen LogP) is 2.66. The third-order valence-corrected chi connectivity index (χ3v) is 2.58. The van der Waals surface area contributed by atoms with Gasteiger partial charge in [0.05, 0.1) is 18.7 Å². The Labute approximate surface area is 106 Å². The molecule has 4 nitrogen and oxygen atoms in total. The fourth-order valence-electron chi connectivity index (χ4n) is 1.60. The number of nitrogens with one attached hydrogen (secondary N) is 1. The van der Waals surface area contributed by atoms with Crippen LogP contribution in [-0.2, 0) is 13.0 Å². The highest BCUT2D eigenvalue weighted by Crippen LogP contribution is 2.11. The van der Waals surface area contributed by atoms with Crippen molar-refractivity contribution in [2.24, 2.45) is 0 Å². The first kappa shape index (κ1) is 11.9. The molecule has 18 heavy (non-hydrogen) atoms. The molecule has 0 aliphatic heterocycles. The Hall–Kier alpha value is -2.54. The van der Waals surface area contributed by atoms with Crippen molar-refractivity contribution in [3.8, 4) is 6.07 Å². The van der Waals surface area contributed by atoms with Crippen LogP contribution in [0.25, 0.3) is 6.20 Å². The number of hydrogen-bond acceptors (Lipinski definition) is 3.